The first-order valence-corrected chi connectivity index (χ1v) is 9.85. The molecule has 4 rings (SSSR count). The van der Waals surface area contributed by atoms with Gasteiger partial charge in [-0.15, -0.1) is 11.3 Å². The minimum absolute atomic E-state index is 0.156. The van der Waals surface area contributed by atoms with Crippen LogP contribution in [0, 0.1) is 6.92 Å². The summed E-state index contributed by atoms with van der Waals surface area (Å²) in [6, 6.07) is 11.8. The molecule has 0 atom stereocenters. The third-order valence-electron chi connectivity index (χ3n) is 4.14. The Labute approximate surface area is 174 Å². The molecule has 8 heteroatoms. The molecule has 0 spiro atoms. The SMILES string of the molecule is Cc1cnc(NC(=O)COc2ccc3c(=O)c(-c4ccc(Cl)cc4)coc3c2)s1. The predicted molar refractivity (Wildman–Crippen MR) is 114 cm³/mol. The van der Waals surface area contributed by atoms with Gasteiger partial charge in [0.1, 0.15) is 17.6 Å². The van der Waals surface area contributed by atoms with Crippen LogP contribution in [-0.4, -0.2) is 17.5 Å². The largest absolute Gasteiger partial charge is 0.484 e. The number of carbonyl (C=O) groups is 1. The number of halogens is 1. The second-order valence-corrected chi connectivity index (χ2v) is 7.93. The topological polar surface area (TPSA) is 81.4 Å². The number of nitrogens with zero attached hydrogens (tertiary/aromatic N) is 1. The Bertz CT molecular complexity index is 1250. The summed E-state index contributed by atoms with van der Waals surface area (Å²) >= 11 is 7.29. The standard InChI is InChI=1S/C21H15ClN2O4S/c1-12-9-23-21(29-12)24-19(25)11-27-15-6-7-16-18(8-15)28-10-17(20(16)26)13-2-4-14(22)5-3-13/h2-10H,11H2,1H3,(H,23,24,25). The minimum atomic E-state index is -0.320. The van der Waals surface area contributed by atoms with E-state index in [1.54, 1.807) is 48.7 Å². The maximum absolute atomic E-state index is 12.8. The lowest BCUT2D eigenvalue weighted by molar-refractivity contribution is -0.118. The van der Waals surface area contributed by atoms with Gasteiger partial charge in [0, 0.05) is 22.2 Å². The molecule has 0 saturated heterocycles. The highest BCUT2D eigenvalue weighted by molar-refractivity contribution is 7.15. The number of benzene rings is 2. The van der Waals surface area contributed by atoms with Crippen molar-refractivity contribution in [3.8, 4) is 16.9 Å². The van der Waals surface area contributed by atoms with Crippen molar-refractivity contribution in [3.05, 3.63) is 75.0 Å². The molecule has 2 heterocycles. The molecular weight excluding hydrogens is 412 g/mol. The number of amides is 1. The van der Waals surface area contributed by atoms with E-state index in [1.807, 2.05) is 6.92 Å². The van der Waals surface area contributed by atoms with Gasteiger partial charge in [0.25, 0.3) is 5.91 Å². The van der Waals surface area contributed by atoms with Crippen LogP contribution in [-0.2, 0) is 4.79 Å². The molecule has 0 aliphatic heterocycles. The van der Waals surface area contributed by atoms with E-state index in [4.69, 9.17) is 20.8 Å². The number of anilines is 1. The van der Waals surface area contributed by atoms with Gasteiger partial charge >= 0.3 is 0 Å². The van der Waals surface area contributed by atoms with Crippen molar-refractivity contribution in [2.45, 2.75) is 6.92 Å². The number of rotatable bonds is 5. The molecular formula is C21H15ClN2O4S. The molecule has 1 amide bonds. The van der Waals surface area contributed by atoms with Crippen LogP contribution >= 0.6 is 22.9 Å². The molecule has 0 fully saturated rings. The Balaban J connectivity index is 1.51. The van der Waals surface area contributed by atoms with E-state index in [1.165, 1.54) is 17.6 Å². The summed E-state index contributed by atoms with van der Waals surface area (Å²) in [5, 5.41) is 4.21. The molecule has 2 aromatic carbocycles. The first kappa shape index (κ1) is 19.2. The Morgan fingerprint density at radius 2 is 2.03 bits per heavy atom. The zero-order chi connectivity index (χ0) is 20.4. The molecule has 2 aromatic heterocycles. The highest BCUT2D eigenvalue weighted by Gasteiger charge is 2.11. The predicted octanol–water partition coefficient (Wildman–Crippen LogP) is 4.90. The normalized spacial score (nSPS) is 10.8. The average Bonchev–Trinajstić information content (AvgIpc) is 3.12. The van der Waals surface area contributed by atoms with Crippen LogP contribution in [0.5, 0.6) is 5.75 Å². The third kappa shape index (κ3) is 4.31. The van der Waals surface area contributed by atoms with E-state index in [9.17, 15) is 9.59 Å². The summed E-state index contributed by atoms with van der Waals surface area (Å²) in [6.45, 7) is 1.72. The lowest BCUT2D eigenvalue weighted by Crippen LogP contribution is -2.20. The van der Waals surface area contributed by atoms with Crippen molar-refractivity contribution in [1.29, 1.82) is 0 Å². The van der Waals surface area contributed by atoms with Crippen molar-refractivity contribution in [2.75, 3.05) is 11.9 Å². The second-order valence-electron chi connectivity index (χ2n) is 6.26. The average molecular weight is 427 g/mol. The fourth-order valence-electron chi connectivity index (χ4n) is 2.74. The van der Waals surface area contributed by atoms with Crippen molar-refractivity contribution < 1.29 is 13.9 Å². The smallest absolute Gasteiger partial charge is 0.264 e. The highest BCUT2D eigenvalue weighted by Crippen LogP contribution is 2.24. The Kier molecular flexibility index (Phi) is 5.33. The molecule has 0 aliphatic rings. The summed E-state index contributed by atoms with van der Waals surface area (Å²) < 4.78 is 11.1. The van der Waals surface area contributed by atoms with Gasteiger partial charge in [0.15, 0.2) is 17.2 Å². The van der Waals surface area contributed by atoms with E-state index in [-0.39, 0.29) is 17.9 Å². The highest BCUT2D eigenvalue weighted by atomic mass is 35.5. The maximum atomic E-state index is 12.8. The summed E-state index contributed by atoms with van der Waals surface area (Å²) in [5.74, 6) is 0.101. The fraction of sp³-hybridized carbons (Fsp3) is 0.0952. The van der Waals surface area contributed by atoms with Crippen LogP contribution in [0.1, 0.15) is 4.88 Å². The molecule has 1 N–H and O–H groups in total. The van der Waals surface area contributed by atoms with E-state index in [0.29, 0.717) is 32.4 Å². The first-order valence-electron chi connectivity index (χ1n) is 8.66. The summed E-state index contributed by atoms with van der Waals surface area (Å²) in [4.78, 5) is 29.9. The van der Waals surface area contributed by atoms with Crippen molar-refractivity contribution >= 4 is 44.9 Å². The number of nitrogens with one attached hydrogen (secondary N) is 1. The third-order valence-corrected chi connectivity index (χ3v) is 5.22. The van der Waals surface area contributed by atoms with E-state index < -0.39 is 0 Å². The summed E-state index contributed by atoms with van der Waals surface area (Å²) in [6.07, 6.45) is 3.10. The lowest BCUT2D eigenvalue weighted by Gasteiger charge is -2.07. The van der Waals surface area contributed by atoms with Gasteiger partial charge in [-0.1, -0.05) is 23.7 Å². The monoisotopic (exact) mass is 426 g/mol. The summed E-state index contributed by atoms with van der Waals surface area (Å²) in [5.41, 5.74) is 1.39. The van der Waals surface area contributed by atoms with Crippen molar-refractivity contribution in [3.63, 3.8) is 0 Å². The van der Waals surface area contributed by atoms with E-state index in [0.717, 1.165) is 10.4 Å². The van der Waals surface area contributed by atoms with Gasteiger partial charge in [-0.3, -0.25) is 14.9 Å². The van der Waals surface area contributed by atoms with Crippen LogP contribution in [0.25, 0.3) is 22.1 Å². The molecule has 0 saturated carbocycles. The second kappa shape index (κ2) is 8.06. The number of hydrogen-bond acceptors (Lipinski definition) is 6. The Hall–Kier alpha value is -3.16. The molecule has 0 unspecified atom stereocenters. The molecule has 0 radical (unpaired) electrons. The van der Waals surface area contributed by atoms with Gasteiger partial charge in [-0.05, 0) is 36.8 Å². The maximum Gasteiger partial charge on any atom is 0.264 e. The number of aryl methyl sites for hydroxylation is 1. The number of carbonyl (C=O) groups excluding carboxylic acids is 1. The molecule has 0 bridgehead atoms. The zero-order valence-corrected chi connectivity index (χ0v) is 16.8. The summed E-state index contributed by atoms with van der Waals surface area (Å²) in [7, 11) is 0. The van der Waals surface area contributed by atoms with E-state index in [2.05, 4.69) is 10.3 Å². The number of fused-ring (bicyclic) bond motifs is 1. The van der Waals surface area contributed by atoms with Crippen LogP contribution in [0.2, 0.25) is 5.02 Å². The molecule has 29 heavy (non-hydrogen) atoms. The Morgan fingerprint density at radius 1 is 1.24 bits per heavy atom. The lowest BCUT2D eigenvalue weighted by atomic mass is 10.1. The molecule has 146 valence electrons. The van der Waals surface area contributed by atoms with Gasteiger partial charge in [0.2, 0.25) is 0 Å². The zero-order valence-electron chi connectivity index (χ0n) is 15.3. The molecule has 4 aromatic rings. The molecule has 6 nitrogen and oxygen atoms in total. The van der Waals surface area contributed by atoms with Crippen molar-refractivity contribution in [1.82, 2.24) is 4.98 Å². The van der Waals surface area contributed by atoms with E-state index >= 15 is 0 Å². The quantitative estimate of drug-likeness (QED) is 0.491. The number of aromatic nitrogens is 1. The van der Waals surface area contributed by atoms with Crippen molar-refractivity contribution in [2.24, 2.45) is 0 Å². The van der Waals surface area contributed by atoms with Gasteiger partial charge in [-0.2, -0.15) is 0 Å². The van der Waals surface area contributed by atoms with Gasteiger partial charge in [-0.25, -0.2) is 4.98 Å². The number of hydrogen-bond donors (Lipinski definition) is 1. The van der Waals surface area contributed by atoms with Crippen LogP contribution < -0.4 is 15.5 Å². The van der Waals surface area contributed by atoms with Gasteiger partial charge in [0.05, 0.1) is 10.9 Å². The minimum Gasteiger partial charge on any atom is -0.484 e. The molecule has 0 aliphatic carbocycles. The first-order chi connectivity index (χ1) is 14.0. The fourth-order valence-corrected chi connectivity index (χ4v) is 3.55. The number of ether oxygens (including phenoxy) is 1. The van der Waals surface area contributed by atoms with Crippen LogP contribution in [0.4, 0.5) is 5.13 Å². The van der Waals surface area contributed by atoms with Crippen LogP contribution in [0.3, 0.4) is 0 Å². The Morgan fingerprint density at radius 3 is 2.76 bits per heavy atom. The van der Waals surface area contributed by atoms with Gasteiger partial charge < -0.3 is 9.15 Å². The number of thiazole rings is 1. The van der Waals surface area contributed by atoms with Crippen LogP contribution in [0.15, 0.2) is 64.1 Å².